The fourth-order valence-electron chi connectivity index (χ4n) is 2.08. The van der Waals surface area contributed by atoms with Crippen LogP contribution in [0.25, 0.3) is 0 Å². The lowest BCUT2D eigenvalue weighted by Crippen LogP contribution is -2.47. The van der Waals surface area contributed by atoms with Gasteiger partial charge in [-0.05, 0) is 6.42 Å². The number of nitrogens with one attached hydrogen (secondary N) is 2. The molecule has 3 amide bonds. The average Bonchev–Trinajstić information content (AvgIpc) is 2.70. The molecule has 2 unspecified atom stereocenters. The summed E-state index contributed by atoms with van der Waals surface area (Å²) >= 11 is 0. The van der Waals surface area contributed by atoms with Crippen LogP contribution in [-0.2, 0) is 9.59 Å². The van der Waals surface area contributed by atoms with Gasteiger partial charge < -0.3 is 15.5 Å². The zero-order chi connectivity index (χ0) is 15.1. The van der Waals surface area contributed by atoms with Crippen LogP contribution in [0, 0.1) is 0 Å². The molecule has 1 heterocycles. The first-order chi connectivity index (χ1) is 9.43. The van der Waals surface area contributed by atoms with Gasteiger partial charge in [-0.15, -0.1) is 0 Å². The van der Waals surface area contributed by atoms with Crippen LogP contribution in [0.5, 0.6) is 0 Å². The summed E-state index contributed by atoms with van der Waals surface area (Å²) in [5.74, 6) is -1.67. The van der Waals surface area contributed by atoms with Gasteiger partial charge in [0.25, 0.3) is 0 Å². The van der Waals surface area contributed by atoms with E-state index in [1.165, 1.54) is 4.90 Å². The molecule has 4 N–H and O–H groups in total. The van der Waals surface area contributed by atoms with Gasteiger partial charge in [-0.2, -0.15) is 0 Å². The van der Waals surface area contributed by atoms with E-state index >= 15 is 0 Å². The van der Waals surface area contributed by atoms with Gasteiger partial charge in [-0.25, -0.2) is 4.79 Å². The average molecular weight is 287 g/mol. The number of hydrogen-bond acceptors (Lipinski definition) is 5. The van der Waals surface area contributed by atoms with Crippen molar-refractivity contribution in [2.24, 2.45) is 0 Å². The summed E-state index contributed by atoms with van der Waals surface area (Å²) in [6, 6.07) is -1.48. The largest absolute Gasteiger partial charge is 0.480 e. The molecule has 1 aliphatic rings. The number of urea groups is 1. The summed E-state index contributed by atoms with van der Waals surface area (Å²) in [6.07, 6.45) is 1.08. The summed E-state index contributed by atoms with van der Waals surface area (Å²) in [4.78, 5) is 35.3. The highest BCUT2D eigenvalue weighted by atomic mass is 16.4. The van der Waals surface area contributed by atoms with Crippen molar-refractivity contribution in [3.05, 3.63) is 0 Å². The van der Waals surface area contributed by atoms with Crippen LogP contribution in [0.4, 0.5) is 4.79 Å². The Hall–Kier alpha value is -1.67. The number of β-amino-alcohol motifs (C(OH)–C–C–N with tert-alkyl or cyclic N) is 1. The molecule has 8 nitrogen and oxygen atoms in total. The number of carboxylic acids is 1. The maximum Gasteiger partial charge on any atom is 0.321 e. The zero-order valence-electron chi connectivity index (χ0n) is 11.5. The Balaban J connectivity index is 2.37. The Kier molecular flexibility index (Phi) is 6.40. The molecule has 0 aromatic carbocycles. The summed E-state index contributed by atoms with van der Waals surface area (Å²) in [6.45, 7) is 2.35. The number of nitrogens with zero attached hydrogens (tertiary/aromatic N) is 1. The van der Waals surface area contributed by atoms with E-state index in [2.05, 4.69) is 10.6 Å². The maximum atomic E-state index is 11.6. The molecule has 0 spiro atoms. The Morgan fingerprint density at radius 3 is 2.65 bits per heavy atom. The maximum absolute atomic E-state index is 11.6. The van der Waals surface area contributed by atoms with Crippen LogP contribution < -0.4 is 10.6 Å². The third kappa shape index (κ3) is 5.14. The van der Waals surface area contributed by atoms with E-state index in [9.17, 15) is 19.5 Å². The molecular weight excluding hydrogens is 266 g/mol. The summed E-state index contributed by atoms with van der Waals surface area (Å²) in [7, 11) is 0. The smallest absolute Gasteiger partial charge is 0.321 e. The van der Waals surface area contributed by atoms with Crippen molar-refractivity contribution in [3.63, 3.8) is 0 Å². The van der Waals surface area contributed by atoms with Crippen molar-refractivity contribution in [2.75, 3.05) is 19.6 Å². The molecule has 20 heavy (non-hydrogen) atoms. The quantitative estimate of drug-likeness (QED) is 0.472. The van der Waals surface area contributed by atoms with Gasteiger partial charge >= 0.3 is 12.0 Å². The van der Waals surface area contributed by atoms with E-state index < -0.39 is 30.1 Å². The van der Waals surface area contributed by atoms with Gasteiger partial charge in [0.1, 0.15) is 6.04 Å². The van der Waals surface area contributed by atoms with Gasteiger partial charge in [-0.3, -0.25) is 19.8 Å². The number of hydrogen-bond donors (Lipinski definition) is 4. The minimum absolute atomic E-state index is 0.0886. The predicted molar refractivity (Wildman–Crippen MR) is 70.1 cm³/mol. The van der Waals surface area contributed by atoms with Gasteiger partial charge in [0.15, 0.2) is 0 Å². The number of aliphatic hydroxyl groups excluding tert-OH is 1. The van der Waals surface area contributed by atoms with Crippen LogP contribution in [0.3, 0.4) is 0 Å². The first-order valence-corrected chi connectivity index (χ1v) is 6.66. The van der Waals surface area contributed by atoms with E-state index in [-0.39, 0.29) is 19.5 Å². The normalized spacial score (nSPS) is 22.5. The number of carbonyl (C=O) groups excluding carboxylic acids is 2. The SMILES string of the molecule is CCCCNC(=O)NC(=O)CN1CC(O)CC1C(=O)O. The molecule has 0 aromatic heterocycles. The lowest BCUT2D eigenvalue weighted by Gasteiger charge is -2.19. The summed E-state index contributed by atoms with van der Waals surface area (Å²) < 4.78 is 0. The van der Waals surface area contributed by atoms with Gasteiger partial charge in [-0.1, -0.05) is 13.3 Å². The molecule has 0 aromatic rings. The van der Waals surface area contributed by atoms with Crippen molar-refractivity contribution in [1.82, 2.24) is 15.5 Å². The molecule has 8 heteroatoms. The Labute approximate surface area is 117 Å². The van der Waals surface area contributed by atoms with E-state index in [1.807, 2.05) is 6.92 Å². The molecule has 1 aliphatic heterocycles. The molecule has 1 rings (SSSR count). The summed E-state index contributed by atoms with van der Waals surface area (Å²) in [5, 5.41) is 23.1. The lowest BCUT2D eigenvalue weighted by atomic mass is 10.2. The van der Waals surface area contributed by atoms with Crippen molar-refractivity contribution in [3.8, 4) is 0 Å². The van der Waals surface area contributed by atoms with Crippen molar-refractivity contribution >= 4 is 17.9 Å². The highest BCUT2D eigenvalue weighted by Gasteiger charge is 2.36. The number of carboxylic acid groups (broad SMARTS) is 1. The fourth-order valence-corrected chi connectivity index (χ4v) is 2.08. The highest BCUT2D eigenvalue weighted by Crippen LogP contribution is 2.17. The number of aliphatic hydroxyl groups is 1. The molecule has 1 fully saturated rings. The molecule has 0 radical (unpaired) electrons. The van der Waals surface area contributed by atoms with Crippen molar-refractivity contribution in [1.29, 1.82) is 0 Å². The Morgan fingerprint density at radius 1 is 1.35 bits per heavy atom. The van der Waals surface area contributed by atoms with E-state index in [4.69, 9.17) is 5.11 Å². The summed E-state index contributed by atoms with van der Waals surface area (Å²) in [5.41, 5.74) is 0. The number of unbranched alkanes of at least 4 members (excludes halogenated alkanes) is 1. The second-order valence-electron chi connectivity index (χ2n) is 4.83. The van der Waals surface area contributed by atoms with Crippen LogP contribution in [0.2, 0.25) is 0 Å². The molecule has 114 valence electrons. The standard InChI is InChI=1S/C12H21N3O5/c1-2-3-4-13-12(20)14-10(17)7-15-6-8(16)5-9(15)11(18)19/h8-9,16H,2-7H2,1H3,(H,18,19)(H2,13,14,17,20). The topological polar surface area (TPSA) is 119 Å². The minimum Gasteiger partial charge on any atom is -0.480 e. The van der Waals surface area contributed by atoms with Crippen LogP contribution in [-0.4, -0.2) is 64.8 Å². The number of imide groups is 1. The van der Waals surface area contributed by atoms with Crippen molar-refractivity contribution < 1.29 is 24.6 Å². The molecule has 1 saturated heterocycles. The number of aliphatic carboxylic acids is 1. The fraction of sp³-hybridized carbons (Fsp3) is 0.750. The van der Waals surface area contributed by atoms with E-state index in [1.54, 1.807) is 0 Å². The number of carbonyl (C=O) groups is 3. The molecular formula is C12H21N3O5. The third-order valence-electron chi connectivity index (χ3n) is 3.08. The van der Waals surface area contributed by atoms with Crippen LogP contribution in [0.15, 0.2) is 0 Å². The van der Waals surface area contributed by atoms with E-state index in [0.717, 1.165) is 12.8 Å². The first kappa shape index (κ1) is 16.4. The predicted octanol–water partition coefficient (Wildman–Crippen LogP) is -0.868. The van der Waals surface area contributed by atoms with Gasteiger partial charge in [0.05, 0.1) is 12.6 Å². The van der Waals surface area contributed by atoms with Gasteiger partial charge in [0.2, 0.25) is 5.91 Å². The highest BCUT2D eigenvalue weighted by molar-refractivity contribution is 5.95. The Morgan fingerprint density at radius 2 is 2.05 bits per heavy atom. The number of rotatable bonds is 6. The zero-order valence-corrected chi connectivity index (χ0v) is 11.5. The van der Waals surface area contributed by atoms with Crippen LogP contribution >= 0.6 is 0 Å². The first-order valence-electron chi connectivity index (χ1n) is 6.66. The molecule has 0 aliphatic carbocycles. The second-order valence-corrected chi connectivity index (χ2v) is 4.83. The number of likely N-dealkylation sites (tertiary alicyclic amines) is 1. The van der Waals surface area contributed by atoms with E-state index in [0.29, 0.717) is 6.54 Å². The number of amides is 3. The lowest BCUT2D eigenvalue weighted by molar-refractivity contribution is -0.142. The monoisotopic (exact) mass is 287 g/mol. The molecule has 0 saturated carbocycles. The van der Waals surface area contributed by atoms with Gasteiger partial charge in [0, 0.05) is 19.5 Å². The second kappa shape index (κ2) is 7.81. The van der Waals surface area contributed by atoms with Crippen LogP contribution in [0.1, 0.15) is 26.2 Å². The molecule has 0 bridgehead atoms. The van der Waals surface area contributed by atoms with Crippen molar-refractivity contribution in [2.45, 2.75) is 38.3 Å². The Bertz CT molecular complexity index is 374. The third-order valence-corrected chi connectivity index (χ3v) is 3.08. The molecule has 2 atom stereocenters. The minimum atomic E-state index is -1.08.